The third kappa shape index (κ3) is 62.1. The van der Waals surface area contributed by atoms with Crippen molar-refractivity contribution in [2.45, 2.75) is 302 Å². The van der Waals surface area contributed by atoms with Gasteiger partial charge in [0.1, 0.15) is 13.2 Å². The topological polar surface area (TPSA) is 108 Å². The number of hydrogen-bond donors (Lipinski definition) is 1. The maximum absolute atomic E-state index is 12.9. The number of carboxylic acid groups (broad SMARTS) is 1. The highest BCUT2D eigenvalue weighted by atomic mass is 16.7. The number of carbonyl (C=O) groups is 3. The summed E-state index contributed by atoms with van der Waals surface area (Å²) in [6.45, 7) is 4.80. The van der Waals surface area contributed by atoms with Crippen LogP contribution in [0.5, 0.6) is 0 Å². The van der Waals surface area contributed by atoms with Gasteiger partial charge in [-0.15, -0.1) is 0 Å². The molecule has 0 aromatic heterocycles. The summed E-state index contributed by atoms with van der Waals surface area (Å²) < 4.78 is 22.9. The summed E-state index contributed by atoms with van der Waals surface area (Å²) in [5.74, 6) is -1.99. The van der Waals surface area contributed by atoms with Gasteiger partial charge in [-0.1, -0.05) is 292 Å². The van der Waals surface area contributed by atoms with Gasteiger partial charge in [0.25, 0.3) is 6.29 Å². The van der Waals surface area contributed by atoms with Crippen LogP contribution in [-0.4, -0.2) is 87.4 Å². The fraction of sp³-hybridized carbons (Fsp3) is 0.761. The van der Waals surface area contributed by atoms with E-state index in [1.54, 1.807) is 0 Å². The SMILES string of the molecule is CC/C=C\C/C=C\C/C=C\C/C=C\C/C=C\C/C=C\C/C=C\CCCCCCCCCCCCCCCCCC(=O)OC(COC(=O)CCCCCCCCCCCCCCCCCCCC)COC(OCC[N+](C)(C)C)C(=O)O. The molecule has 0 aliphatic heterocycles. The van der Waals surface area contributed by atoms with Crippen molar-refractivity contribution in [3.05, 3.63) is 85.1 Å². The third-order valence-corrected chi connectivity index (χ3v) is 14.4. The fourth-order valence-electron chi connectivity index (χ4n) is 9.35. The van der Waals surface area contributed by atoms with Crippen LogP contribution in [0, 0.1) is 0 Å². The first-order chi connectivity index (χ1) is 39.1. The Hall–Kier alpha value is -3.53. The van der Waals surface area contributed by atoms with Crippen LogP contribution in [0.2, 0.25) is 0 Å². The molecule has 0 spiro atoms. The Balaban J connectivity index is 4.08. The highest BCUT2D eigenvalue weighted by Gasteiger charge is 2.25. The molecule has 9 nitrogen and oxygen atoms in total. The van der Waals surface area contributed by atoms with Crippen LogP contribution >= 0.6 is 0 Å². The molecule has 0 bridgehead atoms. The molecule has 462 valence electrons. The zero-order valence-corrected chi connectivity index (χ0v) is 52.7. The van der Waals surface area contributed by atoms with E-state index in [0.717, 1.165) is 83.5 Å². The van der Waals surface area contributed by atoms with E-state index in [-0.39, 0.29) is 32.2 Å². The standard InChI is InChI=1S/C71H125NO8/c1-6-8-10-12-14-16-18-20-22-24-26-27-28-29-30-31-32-33-34-35-36-37-38-39-40-41-42-43-44-46-48-50-52-54-56-58-60-62-69(74)80-67(66-79-71(70(75)76)77-64-63-72(3,4)5)65-78-68(73)61-59-57-55-53-51-49-47-45-25-23-21-19-17-15-13-11-9-7-2/h8,10,14,16,20,22,26-27,29-30,32-33,35-36,67,71H,6-7,9,11-13,15,17-19,21,23-25,28,31,34,37-66H2,1-5H3/p+1/b10-8-,16-14-,22-20-,27-26-,30-29-,33-32-,36-35-. The predicted molar refractivity (Wildman–Crippen MR) is 341 cm³/mol. The van der Waals surface area contributed by atoms with E-state index < -0.39 is 24.3 Å². The number of allylic oxidation sites excluding steroid dienone is 14. The Morgan fingerprint density at radius 3 is 1.06 bits per heavy atom. The quantitative estimate of drug-likeness (QED) is 0.0211. The van der Waals surface area contributed by atoms with Crippen LogP contribution in [0.25, 0.3) is 0 Å². The van der Waals surface area contributed by atoms with Crippen molar-refractivity contribution in [3.63, 3.8) is 0 Å². The van der Waals surface area contributed by atoms with Crippen molar-refractivity contribution in [1.82, 2.24) is 0 Å². The molecule has 0 amide bonds. The zero-order valence-electron chi connectivity index (χ0n) is 52.7. The summed E-state index contributed by atoms with van der Waals surface area (Å²) in [7, 11) is 5.98. The first kappa shape index (κ1) is 76.5. The molecule has 0 radical (unpaired) electrons. The summed E-state index contributed by atoms with van der Waals surface area (Å²) in [4.78, 5) is 37.5. The predicted octanol–water partition coefficient (Wildman–Crippen LogP) is 20.3. The number of esters is 2. The van der Waals surface area contributed by atoms with Gasteiger partial charge in [-0.05, 0) is 70.6 Å². The molecule has 0 aliphatic rings. The first-order valence-electron chi connectivity index (χ1n) is 33.3. The molecule has 0 fully saturated rings. The van der Waals surface area contributed by atoms with Gasteiger partial charge in [0.15, 0.2) is 6.10 Å². The second kappa shape index (κ2) is 61.5. The minimum atomic E-state index is -1.51. The van der Waals surface area contributed by atoms with Gasteiger partial charge in [0.05, 0.1) is 34.4 Å². The Kier molecular flexibility index (Phi) is 58.8. The Labute approximate surface area is 493 Å². The molecule has 0 saturated carbocycles. The Morgan fingerprint density at radius 1 is 0.388 bits per heavy atom. The molecule has 80 heavy (non-hydrogen) atoms. The lowest BCUT2D eigenvalue weighted by molar-refractivity contribution is -0.870. The monoisotopic (exact) mass is 1120 g/mol. The largest absolute Gasteiger partial charge is 0.477 e. The lowest BCUT2D eigenvalue weighted by Crippen LogP contribution is -2.40. The maximum Gasteiger partial charge on any atom is 0.361 e. The summed E-state index contributed by atoms with van der Waals surface area (Å²) in [5.41, 5.74) is 0. The molecular formula is C71H126NO8+. The van der Waals surface area contributed by atoms with Crippen molar-refractivity contribution >= 4 is 17.9 Å². The number of ether oxygens (including phenoxy) is 4. The second-order valence-corrected chi connectivity index (χ2v) is 23.4. The van der Waals surface area contributed by atoms with Gasteiger partial charge < -0.3 is 28.5 Å². The van der Waals surface area contributed by atoms with Gasteiger partial charge in [0.2, 0.25) is 0 Å². The van der Waals surface area contributed by atoms with Gasteiger partial charge in [0, 0.05) is 12.8 Å². The molecule has 1 N–H and O–H groups in total. The van der Waals surface area contributed by atoms with E-state index in [0.29, 0.717) is 17.4 Å². The van der Waals surface area contributed by atoms with E-state index >= 15 is 0 Å². The number of carbonyl (C=O) groups excluding carboxylic acids is 2. The van der Waals surface area contributed by atoms with Crippen LogP contribution in [0.3, 0.4) is 0 Å². The lowest BCUT2D eigenvalue weighted by atomic mass is 10.0. The highest BCUT2D eigenvalue weighted by Crippen LogP contribution is 2.17. The molecule has 0 aromatic carbocycles. The first-order valence-corrected chi connectivity index (χ1v) is 33.3. The molecule has 2 unspecified atom stereocenters. The van der Waals surface area contributed by atoms with E-state index in [9.17, 15) is 19.5 Å². The molecule has 0 aromatic rings. The van der Waals surface area contributed by atoms with Crippen molar-refractivity contribution < 1.29 is 42.9 Å². The van der Waals surface area contributed by atoms with Crippen LogP contribution in [-0.2, 0) is 33.3 Å². The van der Waals surface area contributed by atoms with Crippen molar-refractivity contribution in [2.75, 3.05) is 47.5 Å². The smallest absolute Gasteiger partial charge is 0.361 e. The lowest BCUT2D eigenvalue weighted by Gasteiger charge is -2.25. The summed E-state index contributed by atoms with van der Waals surface area (Å²) >= 11 is 0. The minimum Gasteiger partial charge on any atom is -0.477 e. The molecule has 0 rings (SSSR count). The van der Waals surface area contributed by atoms with E-state index in [1.807, 2.05) is 21.1 Å². The molecule has 0 heterocycles. The molecular weight excluding hydrogens is 995 g/mol. The van der Waals surface area contributed by atoms with Crippen LogP contribution < -0.4 is 0 Å². The highest BCUT2D eigenvalue weighted by molar-refractivity contribution is 5.71. The second-order valence-electron chi connectivity index (χ2n) is 23.4. The Morgan fingerprint density at radius 2 is 0.713 bits per heavy atom. The number of rotatable bonds is 61. The van der Waals surface area contributed by atoms with Crippen LogP contribution in [0.4, 0.5) is 0 Å². The van der Waals surface area contributed by atoms with Crippen LogP contribution in [0.1, 0.15) is 290 Å². The van der Waals surface area contributed by atoms with Gasteiger partial charge in [-0.25, -0.2) is 4.79 Å². The maximum atomic E-state index is 12.9. The average molecular weight is 1120 g/mol. The minimum absolute atomic E-state index is 0.180. The zero-order chi connectivity index (χ0) is 58.3. The molecule has 2 atom stereocenters. The average Bonchev–Trinajstić information content (AvgIpc) is 3.43. The molecule has 9 heteroatoms. The summed E-state index contributed by atoms with van der Waals surface area (Å²) in [5, 5.41) is 9.73. The summed E-state index contributed by atoms with van der Waals surface area (Å²) in [6, 6.07) is 0. The van der Waals surface area contributed by atoms with Gasteiger partial charge >= 0.3 is 17.9 Å². The normalized spacial score (nSPS) is 13.3. The third-order valence-electron chi connectivity index (χ3n) is 14.4. The van der Waals surface area contributed by atoms with E-state index in [4.69, 9.17) is 18.9 Å². The van der Waals surface area contributed by atoms with Crippen molar-refractivity contribution in [2.24, 2.45) is 0 Å². The number of quaternary nitrogens is 1. The molecule has 0 aliphatic carbocycles. The molecule has 0 saturated heterocycles. The van der Waals surface area contributed by atoms with E-state index in [2.05, 4.69) is 98.9 Å². The van der Waals surface area contributed by atoms with Gasteiger partial charge in [-0.3, -0.25) is 9.59 Å². The number of nitrogens with zero attached hydrogens (tertiary/aromatic N) is 1. The number of carboxylic acids is 1. The fourth-order valence-corrected chi connectivity index (χ4v) is 9.35. The van der Waals surface area contributed by atoms with E-state index in [1.165, 1.54) is 180 Å². The number of likely N-dealkylation sites (N-methyl/N-ethyl adjacent to an activating group) is 1. The Bertz CT molecular complexity index is 1590. The van der Waals surface area contributed by atoms with Crippen LogP contribution in [0.15, 0.2) is 85.1 Å². The van der Waals surface area contributed by atoms with Gasteiger partial charge in [-0.2, -0.15) is 0 Å². The summed E-state index contributed by atoms with van der Waals surface area (Å²) in [6.07, 6.45) is 79.7. The number of hydrogen-bond acceptors (Lipinski definition) is 7. The van der Waals surface area contributed by atoms with Crippen molar-refractivity contribution in [3.8, 4) is 0 Å². The van der Waals surface area contributed by atoms with Crippen molar-refractivity contribution in [1.29, 1.82) is 0 Å². The number of aliphatic carboxylic acids is 1. The number of unbranched alkanes of at least 4 members (excludes halogenated alkanes) is 32.